The van der Waals surface area contributed by atoms with Crippen molar-refractivity contribution in [3.8, 4) is 0 Å². The molecule has 76 valence electrons. The number of carbonyl (C=O) groups excluding carboxylic acids is 1. The fourth-order valence-electron chi connectivity index (χ4n) is 1.43. The normalized spacial score (nSPS) is 10.0. The van der Waals surface area contributed by atoms with E-state index < -0.39 is 0 Å². The molecule has 1 aromatic rings. The number of hydrogen-bond acceptors (Lipinski definition) is 1. The van der Waals surface area contributed by atoms with Crippen molar-refractivity contribution in [1.82, 2.24) is 5.32 Å². The van der Waals surface area contributed by atoms with Crippen LogP contribution in [-0.2, 0) is 0 Å². The quantitative estimate of drug-likeness (QED) is 0.764. The fourth-order valence-corrected chi connectivity index (χ4v) is 1.43. The lowest BCUT2D eigenvalue weighted by Crippen LogP contribution is -2.22. The van der Waals surface area contributed by atoms with Crippen LogP contribution in [0.5, 0.6) is 0 Å². The van der Waals surface area contributed by atoms with Crippen LogP contribution in [0, 0.1) is 20.8 Å². The molecule has 1 aromatic carbocycles. The van der Waals surface area contributed by atoms with Gasteiger partial charge in [-0.05, 0) is 56.5 Å². The monoisotopic (exact) mass is 191 g/mol. The van der Waals surface area contributed by atoms with Crippen LogP contribution in [0.1, 0.15) is 34.0 Å². The Morgan fingerprint density at radius 3 is 2.14 bits per heavy atom. The van der Waals surface area contributed by atoms with Crippen molar-refractivity contribution in [3.63, 3.8) is 0 Å². The molecule has 1 N–H and O–H groups in total. The average Bonchev–Trinajstić information content (AvgIpc) is 2.13. The smallest absolute Gasteiger partial charge is 0.251 e. The molecule has 2 nitrogen and oxygen atoms in total. The van der Waals surface area contributed by atoms with Crippen molar-refractivity contribution in [3.05, 3.63) is 34.4 Å². The fraction of sp³-hybridized carbons (Fsp3) is 0.417. The van der Waals surface area contributed by atoms with Gasteiger partial charge in [0.15, 0.2) is 0 Å². The summed E-state index contributed by atoms with van der Waals surface area (Å²) in [7, 11) is 0. The summed E-state index contributed by atoms with van der Waals surface area (Å²) in [4.78, 5) is 11.5. The molecular formula is C12H17NO. The second-order valence-electron chi connectivity index (χ2n) is 3.59. The van der Waals surface area contributed by atoms with Crippen molar-refractivity contribution in [2.45, 2.75) is 27.7 Å². The van der Waals surface area contributed by atoms with Gasteiger partial charge >= 0.3 is 0 Å². The highest BCUT2D eigenvalue weighted by molar-refractivity contribution is 5.94. The summed E-state index contributed by atoms with van der Waals surface area (Å²) in [6.45, 7) is 8.74. The maximum atomic E-state index is 11.5. The summed E-state index contributed by atoms with van der Waals surface area (Å²) in [6, 6.07) is 3.88. The van der Waals surface area contributed by atoms with Crippen molar-refractivity contribution in [1.29, 1.82) is 0 Å². The van der Waals surface area contributed by atoms with E-state index in [2.05, 4.69) is 12.2 Å². The third-order valence-electron chi connectivity index (χ3n) is 2.53. The Morgan fingerprint density at radius 1 is 1.21 bits per heavy atom. The first kappa shape index (κ1) is 10.8. The number of amides is 1. The molecule has 0 radical (unpaired) electrons. The Bertz CT molecular complexity index is 332. The van der Waals surface area contributed by atoms with Crippen LogP contribution in [0.4, 0.5) is 0 Å². The summed E-state index contributed by atoms with van der Waals surface area (Å²) in [5.74, 6) is 0.0127. The Morgan fingerprint density at radius 2 is 1.71 bits per heavy atom. The van der Waals surface area contributed by atoms with E-state index in [9.17, 15) is 4.79 Å². The van der Waals surface area contributed by atoms with E-state index >= 15 is 0 Å². The van der Waals surface area contributed by atoms with Crippen LogP contribution in [0.25, 0.3) is 0 Å². The Hall–Kier alpha value is -1.31. The van der Waals surface area contributed by atoms with Crippen molar-refractivity contribution in [2.75, 3.05) is 6.54 Å². The maximum absolute atomic E-state index is 11.5. The molecule has 0 fully saturated rings. The maximum Gasteiger partial charge on any atom is 0.251 e. The molecule has 1 amide bonds. The Labute approximate surface area is 85.3 Å². The lowest BCUT2D eigenvalue weighted by Gasteiger charge is -2.08. The molecule has 0 saturated carbocycles. The molecule has 0 atom stereocenters. The minimum Gasteiger partial charge on any atom is -0.352 e. The lowest BCUT2D eigenvalue weighted by molar-refractivity contribution is 0.0955. The topological polar surface area (TPSA) is 29.1 Å². The lowest BCUT2D eigenvalue weighted by atomic mass is 10.0. The van der Waals surface area contributed by atoms with Gasteiger partial charge in [0.05, 0.1) is 0 Å². The largest absolute Gasteiger partial charge is 0.352 e. The van der Waals surface area contributed by atoms with Gasteiger partial charge in [-0.15, -0.1) is 0 Å². The van der Waals surface area contributed by atoms with Gasteiger partial charge in [-0.1, -0.05) is 0 Å². The highest BCUT2D eigenvalue weighted by Crippen LogP contribution is 2.15. The zero-order valence-corrected chi connectivity index (χ0v) is 9.27. The molecule has 1 rings (SSSR count). The molecule has 0 aliphatic heterocycles. The van der Waals surface area contributed by atoms with E-state index in [0.29, 0.717) is 6.54 Å². The van der Waals surface area contributed by atoms with Gasteiger partial charge in [-0.2, -0.15) is 0 Å². The molecule has 0 unspecified atom stereocenters. The van der Waals surface area contributed by atoms with Gasteiger partial charge in [-0.3, -0.25) is 4.79 Å². The van der Waals surface area contributed by atoms with Crippen LogP contribution in [0.2, 0.25) is 0 Å². The number of aryl methyl sites for hydroxylation is 2. The molecule has 14 heavy (non-hydrogen) atoms. The summed E-state index contributed by atoms with van der Waals surface area (Å²) < 4.78 is 0. The third-order valence-corrected chi connectivity index (χ3v) is 2.53. The first-order valence-corrected chi connectivity index (χ1v) is 4.92. The molecule has 0 spiro atoms. The van der Waals surface area contributed by atoms with E-state index in [4.69, 9.17) is 0 Å². The SMILES string of the molecule is CCNC(=O)c1cc(C)c(C)c(C)c1. The van der Waals surface area contributed by atoms with E-state index in [1.54, 1.807) is 0 Å². The van der Waals surface area contributed by atoms with Gasteiger partial charge < -0.3 is 5.32 Å². The van der Waals surface area contributed by atoms with Crippen LogP contribution in [0.15, 0.2) is 12.1 Å². The second-order valence-corrected chi connectivity index (χ2v) is 3.59. The predicted molar refractivity (Wildman–Crippen MR) is 58.7 cm³/mol. The zero-order valence-electron chi connectivity index (χ0n) is 9.27. The first-order valence-electron chi connectivity index (χ1n) is 4.92. The summed E-state index contributed by atoms with van der Waals surface area (Å²) in [6.07, 6.45) is 0. The molecule has 0 aliphatic carbocycles. The van der Waals surface area contributed by atoms with Gasteiger partial charge in [0, 0.05) is 12.1 Å². The second kappa shape index (κ2) is 4.27. The van der Waals surface area contributed by atoms with E-state index in [0.717, 1.165) is 5.56 Å². The molecule has 0 heterocycles. The molecule has 2 heteroatoms. The van der Waals surface area contributed by atoms with Gasteiger partial charge in [0.1, 0.15) is 0 Å². The van der Waals surface area contributed by atoms with Gasteiger partial charge in [-0.25, -0.2) is 0 Å². The number of nitrogens with one attached hydrogen (secondary N) is 1. The van der Waals surface area contributed by atoms with E-state index in [1.165, 1.54) is 16.7 Å². The zero-order chi connectivity index (χ0) is 10.7. The average molecular weight is 191 g/mol. The number of carbonyl (C=O) groups is 1. The summed E-state index contributed by atoms with van der Waals surface area (Å²) in [5, 5.41) is 2.80. The van der Waals surface area contributed by atoms with E-state index in [-0.39, 0.29) is 5.91 Å². The van der Waals surface area contributed by atoms with Crippen LogP contribution >= 0.6 is 0 Å². The Kier molecular flexibility index (Phi) is 3.28. The van der Waals surface area contributed by atoms with Crippen LogP contribution in [0.3, 0.4) is 0 Å². The molecule has 0 aliphatic rings. The summed E-state index contributed by atoms with van der Waals surface area (Å²) in [5.41, 5.74) is 4.36. The minimum atomic E-state index is 0.0127. The molecule has 0 bridgehead atoms. The number of rotatable bonds is 2. The van der Waals surface area contributed by atoms with Crippen LogP contribution < -0.4 is 5.32 Å². The third kappa shape index (κ3) is 2.13. The molecule has 0 aromatic heterocycles. The van der Waals surface area contributed by atoms with Crippen molar-refractivity contribution >= 4 is 5.91 Å². The van der Waals surface area contributed by atoms with Crippen molar-refractivity contribution in [2.24, 2.45) is 0 Å². The van der Waals surface area contributed by atoms with Gasteiger partial charge in [0.2, 0.25) is 0 Å². The van der Waals surface area contributed by atoms with Gasteiger partial charge in [0.25, 0.3) is 5.91 Å². The molecular weight excluding hydrogens is 174 g/mol. The van der Waals surface area contributed by atoms with Crippen molar-refractivity contribution < 1.29 is 4.79 Å². The standard InChI is InChI=1S/C12H17NO/c1-5-13-12(14)11-6-8(2)10(4)9(3)7-11/h6-7H,5H2,1-4H3,(H,13,14). The van der Waals surface area contributed by atoms with Crippen LogP contribution in [-0.4, -0.2) is 12.5 Å². The number of benzene rings is 1. The predicted octanol–water partition coefficient (Wildman–Crippen LogP) is 2.36. The molecule has 0 saturated heterocycles. The van der Waals surface area contributed by atoms with E-state index in [1.807, 2.05) is 32.9 Å². The first-order chi connectivity index (χ1) is 6.56. The highest BCUT2D eigenvalue weighted by Gasteiger charge is 2.07. The highest BCUT2D eigenvalue weighted by atomic mass is 16.1. The minimum absolute atomic E-state index is 0.0127. The summed E-state index contributed by atoms with van der Waals surface area (Å²) >= 11 is 0. The number of hydrogen-bond donors (Lipinski definition) is 1. The Balaban J connectivity index is 3.06.